The molecule has 0 spiro atoms. The van der Waals surface area contributed by atoms with Gasteiger partial charge in [0.15, 0.2) is 0 Å². The number of hydrogen-bond acceptors (Lipinski definition) is 3. The summed E-state index contributed by atoms with van der Waals surface area (Å²) < 4.78 is 14.3. The lowest BCUT2D eigenvalue weighted by Gasteiger charge is -2.09. The second-order valence-corrected chi connectivity index (χ2v) is 4.70. The minimum atomic E-state index is -1.33. The van der Waals surface area contributed by atoms with E-state index in [2.05, 4.69) is 26.2 Å². The molecule has 1 amide bonds. The van der Waals surface area contributed by atoms with Crippen molar-refractivity contribution in [2.45, 2.75) is 0 Å². The number of benzene rings is 1. The summed E-state index contributed by atoms with van der Waals surface area (Å²) >= 11 is 3.17. The summed E-state index contributed by atoms with van der Waals surface area (Å²) in [6, 6.07) is 6.56. The topological polar surface area (TPSA) is 79.3 Å². The van der Waals surface area contributed by atoms with Gasteiger partial charge in [0, 0.05) is 10.7 Å². The maximum atomic E-state index is 13.6. The van der Waals surface area contributed by atoms with Crippen LogP contribution >= 0.6 is 15.9 Å². The minimum absolute atomic E-state index is 0.0489. The second-order valence-electron chi connectivity index (χ2n) is 3.78. The molecule has 0 aliphatic carbocycles. The number of anilines is 1. The Morgan fingerprint density at radius 3 is 2.60 bits per heavy atom. The molecule has 2 rings (SSSR count). The summed E-state index contributed by atoms with van der Waals surface area (Å²) in [4.78, 5) is 26.8. The standard InChI is InChI=1S/C13H8BrFN2O3/c14-7-4-5-10(16-6-7)12(18)17-11-8(13(19)20)2-1-3-9(11)15/h1-6H,(H,17,18)(H,19,20). The molecule has 0 bridgehead atoms. The number of halogens is 2. The average Bonchev–Trinajstić information content (AvgIpc) is 2.41. The van der Waals surface area contributed by atoms with Crippen LogP contribution in [0.15, 0.2) is 41.0 Å². The van der Waals surface area contributed by atoms with Gasteiger partial charge in [-0.2, -0.15) is 0 Å². The largest absolute Gasteiger partial charge is 0.478 e. The number of carboxylic acid groups (broad SMARTS) is 1. The summed E-state index contributed by atoms with van der Waals surface area (Å²) in [6.45, 7) is 0. The van der Waals surface area contributed by atoms with Crippen molar-refractivity contribution >= 4 is 33.5 Å². The van der Waals surface area contributed by atoms with Crippen molar-refractivity contribution in [1.29, 1.82) is 0 Å². The lowest BCUT2D eigenvalue weighted by molar-refractivity contribution is 0.0697. The van der Waals surface area contributed by atoms with Crippen LogP contribution in [0, 0.1) is 5.82 Å². The molecule has 0 atom stereocenters. The zero-order valence-corrected chi connectivity index (χ0v) is 11.5. The monoisotopic (exact) mass is 338 g/mol. The van der Waals surface area contributed by atoms with Crippen LogP contribution in [0.4, 0.5) is 10.1 Å². The Hall–Kier alpha value is -2.28. The zero-order chi connectivity index (χ0) is 14.7. The number of amides is 1. The van der Waals surface area contributed by atoms with Gasteiger partial charge in [0.2, 0.25) is 0 Å². The highest BCUT2D eigenvalue weighted by atomic mass is 79.9. The van der Waals surface area contributed by atoms with Crippen LogP contribution in [0.25, 0.3) is 0 Å². The molecule has 102 valence electrons. The van der Waals surface area contributed by atoms with Crippen LogP contribution in [-0.2, 0) is 0 Å². The fraction of sp³-hybridized carbons (Fsp3) is 0. The van der Waals surface area contributed by atoms with Gasteiger partial charge in [0.25, 0.3) is 5.91 Å². The highest BCUT2D eigenvalue weighted by Gasteiger charge is 2.17. The van der Waals surface area contributed by atoms with E-state index in [0.717, 1.165) is 6.07 Å². The summed E-state index contributed by atoms with van der Waals surface area (Å²) in [7, 11) is 0. The molecule has 0 saturated carbocycles. The van der Waals surface area contributed by atoms with Gasteiger partial charge in [-0.25, -0.2) is 14.2 Å². The van der Waals surface area contributed by atoms with Crippen LogP contribution in [0.1, 0.15) is 20.8 Å². The third-order valence-electron chi connectivity index (χ3n) is 2.44. The maximum absolute atomic E-state index is 13.6. The van der Waals surface area contributed by atoms with E-state index in [1.165, 1.54) is 24.4 Å². The normalized spacial score (nSPS) is 10.1. The summed E-state index contributed by atoms with van der Waals surface area (Å²) in [5.74, 6) is -2.84. The number of aromatic carboxylic acids is 1. The number of pyridine rings is 1. The number of carboxylic acids is 1. The Morgan fingerprint density at radius 2 is 2.00 bits per heavy atom. The van der Waals surface area contributed by atoms with E-state index in [4.69, 9.17) is 5.11 Å². The highest BCUT2D eigenvalue weighted by Crippen LogP contribution is 2.20. The van der Waals surface area contributed by atoms with Gasteiger partial charge in [0.1, 0.15) is 11.5 Å². The molecule has 1 aromatic heterocycles. The van der Waals surface area contributed by atoms with E-state index in [1.54, 1.807) is 6.07 Å². The van der Waals surface area contributed by atoms with E-state index in [9.17, 15) is 14.0 Å². The molecule has 0 aliphatic rings. The minimum Gasteiger partial charge on any atom is -0.478 e. The van der Waals surface area contributed by atoms with Crippen molar-refractivity contribution in [2.24, 2.45) is 0 Å². The average molecular weight is 339 g/mol. The molecular formula is C13H8BrFN2O3. The molecular weight excluding hydrogens is 331 g/mol. The van der Waals surface area contributed by atoms with Gasteiger partial charge < -0.3 is 10.4 Å². The molecule has 0 unspecified atom stereocenters. The molecule has 1 aromatic carbocycles. The lowest BCUT2D eigenvalue weighted by Crippen LogP contribution is -2.17. The molecule has 5 nitrogen and oxygen atoms in total. The van der Waals surface area contributed by atoms with E-state index in [1.807, 2.05) is 0 Å². The number of hydrogen-bond donors (Lipinski definition) is 2. The van der Waals surface area contributed by atoms with Crippen LogP contribution in [-0.4, -0.2) is 22.0 Å². The Morgan fingerprint density at radius 1 is 1.25 bits per heavy atom. The van der Waals surface area contributed by atoms with Crippen molar-refractivity contribution < 1.29 is 19.1 Å². The number of aromatic nitrogens is 1. The first-order valence-electron chi connectivity index (χ1n) is 5.44. The summed E-state index contributed by atoms with van der Waals surface area (Å²) in [5, 5.41) is 11.2. The molecule has 0 radical (unpaired) electrons. The molecule has 0 fully saturated rings. The summed E-state index contributed by atoms with van der Waals surface area (Å²) in [6.07, 6.45) is 1.41. The molecule has 7 heteroatoms. The number of carbonyl (C=O) groups excluding carboxylic acids is 1. The van der Waals surface area contributed by atoms with Crippen molar-refractivity contribution in [2.75, 3.05) is 5.32 Å². The predicted molar refractivity (Wildman–Crippen MR) is 73.2 cm³/mol. The quantitative estimate of drug-likeness (QED) is 0.901. The molecule has 1 heterocycles. The molecule has 20 heavy (non-hydrogen) atoms. The van der Waals surface area contributed by atoms with Gasteiger partial charge in [-0.1, -0.05) is 6.07 Å². The van der Waals surface area contributed by atoms with Crippen molar-refractivity contribution in [3.8, 4) is 0 Å². The Bertz CT molecular complexity index is 674. The number of nitrogens with one attached hydrogen (secondary N) is 1. The first-order valence-corrected chi connectivity index (χ1v) is 6.23. The van der Waals surface area contributed by atoms with Gasteiger partial charge in [-0.3, -0.25) is 4.79 Å². The van der Waals surface area contributed by atoms with E-state index in [0.29, 0.717) is 4.47 Å². The summed E-state index contributed by atoms with van der Waals surface area (Å²) in [5.41, 5.74) is -0.655. The Labute approximate surface area is 121 Å². The smallest absolute Gasteiger partial charge is 0.337 e. The number of nitrogens with zero attached hydrogens (tertiary/aromatic N) is 1. The maximum Gasteiger partial charge on any atom is 0.337 e. The third-order valence-corrected chi connectivity index (χ3v) is 2.91. The van der Waals surface area contributed by atoms with Crippen molar-refractivity contribution in [3.63, 3.8) is 0 Å². The third kappa shape index (κ3) is 3.00. The SMILES string of the molecule is O=C(Nc1c(F)cccc1C(=O)O)c1ccc(Br)cn1. The van der Waals surface area contributed by atoms with Crippen LogP contribution in [0.2, 0.25) is 0 Å². The Kier molecular flexibility index (Phi) is 4.09. The second kappa shape index (κ2) is 5.79. The van der Waals surface area contributed by atoms with Gasteiger partial charge in [0.05, 0.1) is 11.3 Å². The Balaban J connectivity index is 2.32. The number of rotatable bonds is 3. The fourth-order valence-electron chi connectivity index (χ4n) is 1.52. The molecule has 2 N–H and O–H groups in total. The first-order chi connectivity index (χ1) is 9.49. The van der Waals surface area contributed by atoms with Gasteiger partial charge in [-0.15, -0.1) is 0 Å². The number of carbonyl (C=O) groups is 2. The van der Waals surface area contributed by atoms with E-state index < -0.39 is 17.7 Å². The molecule has 2 aromatic rings. The fourth-order valence-corrected chi connectivity index (χ4v) is 1.75. The van der Waals surface area contributed by atoms with E-state index in [-0.39, 0.29) is 16.9 Å². The molecule has 0 aliphatic heterocycles. The van der Waals surface area contributed by atoms with Gasteiger partial charge >= 0.3 is 5.97 Å². The van der Waals surface area contributed by atoms with Crippen molar-refractivity contribution in [3.05, 3.63) is 58.1 Å². The van der Waals surface area contributed by atoms with E-state index >= 15 is 0 Å². The van der Waals surface area contributed by atoms with Gasteiger partial charge in [-0.05, 0) is 40.2 Å². The van der Waals surface area contributed by atoms with Crippen molar-refractivity contribution in [1.82, 2.24) is 4.98 Å². The predicted octanol–water partition coefficient (Wildman–Crippen LogP) is 2.93. The lowest BCUT2D eigenvalue weighted by atomic mass is 10.1. The number of para-hydroxylation sites is 1. The highest BCUT2D eigenvalue weighted by molar-refractivity contribution is 9.10. The molecule has 0 saturated heterocycles. The van der Waals surface area contributed by atoms with Crippen LogP contribution < -0.4 is 5.32 Å². The zero-order valence-electron chi connectivity index (χ0n) is 9.93. The first kappa shape index (κ1) is 14.1. The van der Waals surface area contributed by atoms with Crippen LogP contribution in [0.5, 0.6) is 0 Å². The van der Waals surface area contributed by atoms with Crippen LogP contribution in [0.3, 0.4) is 0 Å².